The Morgan fingerprint density at radius 2 is 1.73 bits per heavy atom. The van der Waals surface area contributed by atoms with Crippen molar-refractivity contribution in [3.63, 3.8) is 0 Å². The number of benzene rings is 3. The molecule has 0 unspecified atom stereocenters. The first kappa shape index (κ1) is 27.0. The number of morpholine rings is 1. The number of thioether (sulfide) groups is 1. The Kier molecular flexibility index (Phi) is 7.76. The highest BCUT2D eigenvalue weighted by atomic mass is 32.2. The lowest BCUT2D eigenvalue weighted by Gasteiger charge is -2.30. The highest BCUT2D eigenvalue weighted by Crippen LogP contribution is 2.48. The predicted molar refractivity (Wildman–Crippen MR) is 156 cm³/mol. The van der Waals surface area contributed by atoms with Gasteiger partial charge >= 0.3 is 0 Å². The molecule has 4 aromatic rings. The Morgan fingerprint density at radius 3 is 2.41 bits per heavy atom. The van der Waals surface area contributed by atoms with Crippen LogP contribution in [0.2, 0.25) is 0 Å². The van der Waals surface area contributed by atoms with E-state index in [2.05, 4.69) is 0 Å². The summed E-state index contributed by atoms with van der Waals surface area (Å²) in [5, 5.41) is 4.74. The van der Waals surface area contributed by atoms with E-state index in [1.54, 1.807) is 33.7 Å². The third-order valence-electron chi connectivity index (χ3n) is 7.28. The van der Waals surface area contributed by atoms with Crippen molar-refractivity contribution in [2.24, 2.45) is 0 Å². The van der Waals surface area contributed by atoms with Crippen LogP contribution in [0.3, 0.4) is 0 Å². The smallest absolute Gasteiger partial charge is 0.242 e. The van der Waals surface area contributed by atoms with E-state index in [0.717, 1.165) is 16.7 Å². The second kappa shape index (κ2) is 11.8. The maximum Gasteiger partial charge on any atom is 0.242 e. The monoisotopic (exact) mass is 572 g/mol. The summed E-state index contributed by atoms with van der Waals surface area (Å²) < 4.78 is 26.5. The number of anilines is 1. The fourth-order valence-electron chi connectivity index (χ4n) is 5.18. The minimum absolute atomic E-state index is 0.126. The second-order valence-electron chi connectivity index (χ2n) is 9.78. The van der Waals surface area contributed by atoms with Gasteiger partial charge in [-0.15, -0.1) is 11.8 Å². The second-order valence-corrected chi connectivity index (χ2v) is 10.9. The number of methoxy groups -OCH3 is 1. The van der Waals surface area contributed by atoms with Gasteiger partial charge in [0.2, 0.25) is 11.8 Å². The Morgan fingerprint density at radius 1 is 1.02 bits per heavy atom. The Hall–Kier alpha value is -4.15. The van der Waals surface area contributed by atoms with Gasteiger partial charge in [0.1, 0.15) is 23.9 Å². The summed E-state index contributed by atoms with van der Waals surface area (Å²) in [5.74, 6) is 0.673. The third kappa shape index (κ3) is 5.45. The first-order valence-corrected chi connectivity index (χ1v) is 14.4. The third-order valence-corrected chi connectivity index (χ3v) is 8.54. The van der Waals surface area contributed by atoms with Crippen molar-refractivity contribution in [1.82, 2.24) is 14.7 Å². The van der Waals surface area contributed by atoms with Crippen LogP contribution < -0.4 is 9.64 Å². The molecule has 0 aliphatic carbocycles. The number of rotatable bonds is 6. The number of amides is 2. The molecule has 41 heavy (non-hydrogen) atoms. The fraction of sp³-hybridized carbons (Fsp3) is 0.258. The fourth-order valence-corrected chi connectivity index (χ4v) is 6.38. The van der Waals surface area contributed by atoms with Crippen molar-refractivity contribution in [3.8, 4) is 22.7 Å². The maximum atomic E-state index is 14.0. The number of aromatic nitrogens is 2. The topological polar surface area (TPSA) is 76.9 Å². The number of ether oxygens (including phenoxy) is 2. The van der Waals surface area contributed by atoms with Crippen LogP contribution in [0.5, 0.6) is 5.75 Å². The number of hydrogen-bond acceptors (Lipinski definition) is 6. The van der Waals surface area contributed by atoms with Crippen molar-refractivity contribution >= 4 is 29.4 Å². The molecule has 0 saturated carbocycles. The average Bonchev–Trinajstić information content (AvgIpc) is 3.35. The van der Waals surface area contributed by atoms with Gasteiger partial charge in [0.05, 0.1) is 42.7 Å². The number of nitrogens with zero attached hydrogens (tertiary/aromatic N) is 4. The molecule has 3 heterocycles. The van der Waals surface area contributed by atoms with Gasteiger partial charge in [-0.25, -0.2) is 9.07 Å². The first-order valence-electron chi connectivity index (χ1n) is 13.4. The quantitative estimate of drug-likeness (QED) is 0.333. The van der Waals surface area contributed by atoms with Gasteiger partial charge in [-0.2, -0.15) is 5.10 Å². The lowest BCUT2D eigenvalue weighted by molar-refractivity contribution is -0.134. The van der Waals surface area contributed by atoms with Crippen molar-refractivity contribution in [2.75, 3.05) is 50.6 Å². The molecule has 210 valence electrons. The van der Waals surface area contributed by atoms with Crippen LogP contribution in [-0.4, -0.2) is 72.2 Å². The minimum atomic E-state index is -0.335. The zero-order valence-electron chi connectivity index (χ0n) is 22.5. The van der Waals surface area contributed by atoms with Crippen molar-refractivity contribution in [1.29, 1.82) is 0 Å². The number of carbonyl (C=O) groups excluding carboxylic acids is 2. The molecule has 8 nitrogen and oxygen atoms in total. The molecule has 2 aliphatic heterocycles. The molecule has 6 rings (SSSR count). The van der Waals surface area contributed by atoms with Gasteiger partial charge in [0.15, 0.2) is 0 Å². The summed E-state index contributed by atoms with van der Waals surface area (Å²) >= 11 is 1.45. The van der Waals surface area contributed by atoms with Crippen LogP contribution in [0.15, 0.2) is 78.9 Å². The molecular weight excluding hydrogens is 543 g/mol. The zero-order chi connectivity index (χ0) is 28.3. The molecule has 1 fully saturated rings. The number of fused-ring (bicyclic) bond motifs is 1. The summed E-state index contributed by atoms with van der Waals surface area (Å²) in [4.78, 5) is 30.7. The molecule has 2 amide bonds. The van der Waals surface area contributed by atoms with Gasteiger partial charge in [-0.3, -0.25) is 14.5 Å². The SMILES string of the molecule is COc1ccc(-n2nc(-c3ccccc3)c3c2N(CC(=O)N2CCOCC2)C(=O)CS[C@H]3c2ccc(F)cc2)cc1. The molecule has 0 spiro atoms. The molecule has 10 heteroatoms. The van der Waals surface area contributed by atoms with Crippen LogP contribution in [0.25, 0.3) is 16.9 Å². The lowest BCUT2D eigenvalue weighted by atomic mass is 9.99. The summed E-state index contributed by atoms with van der Waals surface area (Å²) in [6, 6.07) is 23.5. The molecule has 1 aromatic heterocycles. The highest BCUT2D eigenvalue weighted by molar-refractivity contribution is 8.00. The molecule has 0 radical (unpaired) electrons. The maximum absolute atomic E-state index is 14.0. The van der Waals surface area contributed by atoms with Crippen molar-refractivity contribution in [2.45, 2.75) is 5.25 Å². The van der Waals surface area contributed by atoms with Gasteiger partial charge < -0.3 is 14.4 Å². The van der Waals surface area contributed by atoms with Crippen molar-refractivity contribution in [3.05, 3.63) is 95.8 Å². The summed E-state index contributed by atoms with van der Waals surface area (Å²) in [5.41, 5.74) is 3.92. The molecule has 1 saturated heterocycles. The highest BCUT2D eigenvalue weighted by Gasteiger charge is 2.38. The van der Waals surface area contributed by atoms with E-state index in [1.165, 1.54) is 23.9 Å². The summed E-state index contributed by atoms with van der Waals surface area (Å²) in [6.07, 6.45) is 0. The molecule has 1 atom stereocenters. The van der Waals surface area contributed by atoms with E-state index in [4.69, 9.17) is 14.6 Å². The van der Waals surface area contributed by atoms with E-state index < -0.39 is 0 Å². The number of hydrogen-bond donors (Lipinski definition) is 0. The van der Waals surface area contributed by atoms with E-state index in [1.807, 2.05) is 54.6 Å². The van der Waals surface area contributed by atoms with Crippen LogP contribution in [0, 0.1) is 5.82 Å². The van der Waals surface area contributed by atoms with E-state index >= 15 is 0 Å². The normalized spacial score (nSPS) is 17.2. The predicted octanol–water partition coefficient (Wildman–Crippen LogP) is 4.72. The number of carbonyl (C=O) groups is 2. The van der Waals surface area contributed by atoms with E-state index in [0.29, 0.717) is 49.3 Å². The average molecular weight is 573 g/mol. The lowest BCUT2D eigenvalue weighted by Crippen LogP contribution is -2.48. The minimum Gasteiger partial charge on any atom is -0.497 e. The summed E-state index contributed by atoms with van der Waals surface area (Å²) in [6.45, 7) is 1.77. The molecule has 3 aromatic carbocycles. The van der Waals surface area contributed by atoms with Gasteiger partial charge in [-0.05, 0) is 42.0 Å². The molecular formula is C31H29FN4O4S. The Labute approximate surface area is 241 Å². The van der Waals surface area contributed by atoms with E-state index in [-0.39, 0.29) is 35.2 Å². The van der Waals surface area contributed by atoms with Crippen LogP contribution in [0.1, 0.15) is 16.4 Å². The van der Waals surface area contributed by atoms with E-state index in [9.17, 15) is 14.0 Å². The van der Waals surface area contributed by atoms with Gasteiger partial charge in [0.25, 0.3) is 0 Å². The van der Waals surface area contributed by atoms with Crippen LogP contribution in [0.4, 0.5) is 10.2 Å². The van der Waals surface area contributed by atoms with Gasteiger partial charge in [-0.1, -0.05) is 42.5 Å². The molecule has 0 bridgehead atoms. The van der Waals surface area contributed by atoms with Crippen LogP contribution >= 0.6 is 11.8 Å². The largest absolute Gasteiger partial charge is 0.497 e. The Bertz CT molecular complexity index is 1540. The zero-order valence-corrected chi connectivity index (χ0v) is 23.4. The number of halogens is 1. The Balaban J connectivity index is 1.57. The summed E-state index contributed by atoms with van der Waals surface area (Å²) in [7, 11) is 1.60. The molecule has 0 N–H and O–H groups in total. The standard InChI is InChI=1S/C31H29FN4O4S/c1-39-25-13-11-24(12-14-25)36-31-28(29(33-36)21-5-3-2-4-6-21)30(22-7-9-23(32)10-8-22)41-20-27(38)35(31)19-26(37)34-15-17-40-18-16-34/h2-14,30H,15-20H2,1H3/t30-/m0/s1. The van der Waals surface area contributed by atoms with Crippen LogP contribution in [-0.2, 0) is 14.3 Å². The van der Waals surface area contributed by atoms with Gasteiger partial charge in [0, 0.05) is 24.2 Å². The first-order chi connectivity index (χ1) is 20.0. The molecule has 2 aliphatic rings. The van der Waals surface area contributed by atoms with Crippen molar-refractivity contribution < 1.29 is 23.5 Å².